The zero-order chi connectivity index (χ0) is 16.4. The van der Waals surface area contributed by atoms with E-state index in [2.05, 4.69) is 36.1 Å². The number of fused-ring (bicyclic) bond motifs is 1. The summed E-state index contributed by atoms with van der Waals surface area (Å²) in [5, 5.41) is 12.4. The molecule has 0 fully saturated rings. The molecule has 3 rings (SSSR count). The predicted molar refractivity (Wildman–Crippen MR) is 90.5 cm³/mol. The normalized spacial score (nSPS) is 11.3. The van der Waals surface area contributed by atoms with E-state index in [1.54, 1.807) is 22.7 Å². The van der Waals surface area contributed by atoms with Crippen molar-refractivity contribution < 1.29 is 5.11 Å². The molecule has 0 amide bonds. The largest absolute Gasteiger partial charge is 0.392 e. The van der Waals surface area contributed by atoms with Gasteiger partial charge < -0.3 is 5.11 Å². The van der Waals surface area contributed by atoms with E-state index in [1.807, 2.05) is 12.1 Å². The molecule has 3 aromatic rings. The quantitative estimate of drug-likeness (QED) is 0.722. The summed E-state index contributed by atoms with van der Waals surface area (Å²) in [6, 6.07) is 11.6. The molecule has 1 aromatic carbocycles. The molecule has 0 unspecified atom stereocenters. The fraction of sp³-hybridized carbons (Fsp3) is 0.278. The Morgan fingerprint density at radius 3 is 2.43 bits per heavy atom. The second-order valence-electron chi connectivity index (χ2n) is 6.09. The Morgan fingerprint density at radius 2 is 1.83 bits per heavy atom. The van der Waals surface area contributed by atoms with Crippen molar-refractivity contribution >= 4 is 11.5 Å². The van der Waals surface area contributed by atoms with Crippen LogP contribution in [0.4, 0.5) is 5.82 Å². The molecule has 5 heteroatoms. The number of aliphatic hydroxyl groups excluding tert-OH is 1. The Bertz CT molecular complexity index is 835. The van der Waals surface area contributed by atoms with Gasteiger partial charge in [0.05, 0.1) is 6.61 Å². The second kappa shape index (κ2) is 6.30. The van der Waals surface area contributed by atoms with E-state index in [9.17, 15) is 10.0 Å². The number of pyridine rings is 1. The SMILES string of the molecule is CC(C)Cc1ccc(-c2nc3ccc(CO)cn3c2N=O)cc1. The second-order valence-corrected chi connectivity index (χ2v) is 6.09. The predicted octanol–water partition coefficient (Wildman–Crippen LogP) is 4.09. The molecule has 0 radical (unpaired) electrons. The molecule has 0 bridgehead atoms. The molecule has 0 saturated heterocycles. The highest BCUT2D eigenvalue weighted by atomic mass is 16.3. The van der Waals surface area contributed by atoms with Crippen molar-refractivity contribution in [1.29, 1.82) is 0 Å². The molecule has 2 heterocycles. The zero-order valence-corrected chi connectivity index (χ0v) is 13.2. The molecule has 0 aliphatic carbocycles. The summed E-state index contributed by atoms with van der Waals surface area (Å²) in [6.45, 7) is 4.28. The Labute approximate surface area is 134 Å². The zero-order valence-electron chi connectivity index (χ0n) is 13.2. The van der Waals surface area contributed by atoms with Gasteiger partial charge in [-0.1, -0.05) is 44.2 Å². The van der Waals surface area contributed by atoms with Crippen molar-refractivity contribution in [2.45, 2.75) is 26.9 Å². The number of hydrogen-bond donors (Lipinski definition) is 1. The van der Waals surface area contributed by atoms with Gasteiger partial charge in [-0.2, -0.15) is 0 Å². The average Bonchev–Trinajstić information content (AvgIpc) is 2.92. The van der Waals surface area contributed by atoms with Gasteiger partial charge in [0.25, 0.3) is 0 Å². The van der Waals surface area contributed by atoms with Crippen LogP contribution < -0.4 is 0 Å². The van der Waals surface area contributed by atoms with Crippen molar-refractivity contribution in [1.82, 2.24) is 9.38 Å². The summed E-state index contributed by atoms with van der Waals surface area (Å²) in [7, 11) is 0. The Balaban J connectivity index is 2.06. The van der Waals surface area contributed by atoms with Gasteiger partial charge in [-0.05, 0) is 34.7 Å². The van der Waals surface area contributed by atoms with Crippen LogP contribution in [0.3, 0.4) is 0 Å². The molecule has 5 nitrogen and oxygen atoms in total. The standard InChI is InChI=1S/C18H19N3O2/c1-12(2)9-13-3-6-15(7-4-13)17-18(20-23)21-10-14(11-22)5-8-16(21)19-17/h3-8,10,12,22H,9,11H2,1-2H3. The number of imidazole rings is 1. The van der Waals surface area contributed by atoms with Crippen LogP contribution in [0.2, 0.25) is 0 Å². The van der Waals surface area contributed by atoms with Crippen LogP contribution in [0.25, 0.3) is 16.9 Å². The Kier molecular flexibility index (Phi) is 4.21. The summed E-state index contributed by atoms with van der Waals surface area (Å²) in [6.07, 6.45) is 2.71. The number of aliphatic hydroxyl groups is 1. The molecule has 0 saturated carbocycles. The number of rotatable bonds is 5. The Morgan fingerprint density at radius 1 is 1.13 bits per heavy atom. The molecule has 2 aromatic heterocycles. The lowest BCUT2D eigenvalue weighted by molar-refractivity contribution is 0.281. The molecular weight excluding hydrogens is 290 g/mol. The average molecular weight is 309 g/mol. The van der Waals surface area contributed by atoms with Gasteiger partial charge in [0.15, 0.2) is 0 Å². The fourth-order valence-electron chi connectivity index (χ4n) is 2.72. The van der Waals surface area contributed by atoms with Gasteiger partial charge in [0, 0.05) is 11.8 Å². The van der Waals surface area contributed by atoms with Gasteiger partial charge >= 0.3 is 0 Å². The minimum atomic E-state index is -0.0916. The number of nitroso groups, excluding NO2 is 1. The maximum atomic E-state index is 11.3. The lowest BCUT2D eigenvalue weighted by Gasteiger charge is -2.05. The van der Waals surface area contributed by atoms with Crippen LogP contribution in [-0.4, -0.2) is 14.5 Å². The fourth-order valence-corrected chi connectivity index (χ4v) is 2.72. The number of hydrogen-bond acceptors (Lipinski definition) is 4. The summed E-state index contributed by atoms with van der Waals surface area (Å²) in [5.74, 6) is 0.854. The third-order valence-electron chi connectivity index (χ3n) is 3.79. The monoisotopic (exact) mass is 309 g/mol. The van der Waals surface area contributed by atoms with E-state index in [4.69, 9.17) is 0 Å². The molecule has 23 heavy (non-hydrogen) atoms. The van der Waals surface area contributed by atoms with E-state index in [1.165, 1.54) is 5.56 Å². The molecule has 118 valence electrons. The molecular formula is C18H19N3O2. The minimum Gasteiger partial charge on any atom is -0.392 e. The van der Waals surface area contributed by atoms with Crippen LogP contribution in [0.5, 0.6) is 0 Å². The van der Waals surface area contributed by atoms with E-state index < -0.39 is 0 Å². The number of nitrogens with zero attached hydrogens (tertiary/aromatic N) is 3. The summed E-state index contributed by atoms with van der Waals surface area (Å²) in [4.78, 5) is 15.8. The van der Waals surface area contributed by atoms with E-state index in [-0.39, 0.29) is 12.4 Å². The molecule has 0 aliphatic heterocycles. The van der Waals surface area contributed by atoms with Gasteiger partial charge in [-0.3, -0.25) is 4.40 Å². The third kappa shape index (κ3) is 3.00. The summed E-state index contributed by atoms with van der Waals surface area (Å²) >= 11 is 0. The first-order valence-corrected chi connectivity index (χ1v) is 7.67. The van der Waals surface area contributed by atoms with E-state index in [0.717, 1.165) is 12.0 Å². The maximum Gasteiger partial charge on any atom is 0.209 e. The first kappa shape index (κ1) is 15.4. The van der Waals surface area contributed by atoms with Crippen LogP contribution in [0, 0.1) is 10.8 Å². The van der Waals surface area contributed by atoms with Crippen LogP contribution in [0.1, 0.15) is 25.0 Å². The topological polar surface area (TPSA) is 67.0 Å². The first-order valence-electron chi connectivity index (χ1n) is 7.67. The number of benzene rings is 1. The molecule has 0 atom stereocenters. The molecule has 0 spiro atoms. The summed E-state index contributed by atoms with van der Waals surface area (Å²) in [5.41, 5.74) is 4.03. The van der Waals surface area contributed by atoms with Crippen molar-refractivity contribution in [3.8, 4) is 11.3 Å². The van der Waals surface area contributed by atoms with Crippen LogP contribution >= 0.6 is 0 Å². The summed E-state index contributed by atoms with van der Waals surface area (Å²) < 4.78 is 1.62. The highest BCUT2D eigenvalue weighted by Gasteiger charge is 2.15. The van der Waals surface area contributed by atoms with Crippen molar-refractivity contribution in [3.05, 3.63) is 58.6 Å². The van der Waals surface area contributed by atoms with Gasteiger partial charge in [0.1, 0.15) is 11.3 Å². The van der Waals surface area contributed by atoms with Gasteiger partial charge in [0.2, 0.25) is 5.82 Å². The van der Waals surface area contributed by atoms with E-state index in [0.29, 0.717) is 22.8 Å². The minimum absolute atomic E-state index is 0.0916. The molecule has 0 aliphatic rings. The Hall–Kier alpha value is -2.53. The van der Waals surface area contributed by atoms with Gasteiger partial charge in [-0.25, -0.2) is 4.98 Å². The third-order valence-corrected chi connectivity index (χ3v) is 3.79. The van der Waals surface area contributed by atoms with Gasteiger partial charge in [-0.15, -0.1) is 4.91 Å². The van der Waals surface area contributed by atoms with E-state index >= 15 is 0 Å². The lowest BCUT2D eigenvalue weighted by atomic mass is 10.0. The van der Waals surface area contributed by atoms with Crippen molar-refractivity contribution in [2.75, 3.05) is 0 Å². The lowest BCUT2D eigenvalue weighted by Crippen LogP contribution is -1.93. The number of aromatic nitrogens is 2. The highest BCUT2D eigenvalue weighted by Crippen LogP contribution is 2.31. The molecule has 1 N–H and O–H groups in total. The smallest absolute Gasteiger partial charge is 0.209 e. The van der Waals surface area contributed by atoms with Crippen LogP contribution in [0.15, 0.2) is 47.8 Å². The maximum absolute atomic E-state index is 11.3. The first-order chi connectivity index (χ1) is 11.1. The van der Waals surface area contributed by atoms with Crippen molar-refractivity contribution in [3.63, 3.8) is 0 Å². The van der Waals surface area contributed by atoms with Crippen LogP contribution in [-0.2, 0) is 13.0 Å². The highest BCUT2D eigenvalue weighted by molar-refractivity contribution is 5.74. The van der Waals surface area contributed by atoms with Crippen molar-refractivity contribution in [2.24, 2.45) is 11.1 Å².